The third kappa shape index (κ3) is 3.90. The highest BCUT2D eigenvalue weighted by Crippen LogP contribution is 2.12. The molecule has 0 aliphatic heterocycles. The van der Waals surface area contributed by atoms with Crippen molar-refractivity contribution in [1.82, 2.24) is 0 Å². The molecule has 2 N–H and O–H groups in total. The molecule has 1 unspecified atom stereocenters. The number of anilines is 1. The second kappa shape index (κ2) is 6.12. The minimum atomic E-state index is -0.909. The van der Waals surface area contributed by atoms with Crippen LogP contribution in [0.25, 0.3) is 0 Å². The largest absolute Gasteiger partial charge is 0.478 e. The molecule has 4 nitrogen and oxygen atoms in total. The molecule has 0 radical (unpaired) electrons. The summed E-state index contributed by atoms with van der Waals surface area (Å²) >= 11 is 0. The van der Waals surface area contributed by atoms with Gasteiger partial charge in [-0.3, -0.25) is 0 Å². The SMILES string of the molecule is COCCC(C)Nc1cccc(C(=O)O)c1. The molecule has 0 aromatic heterocycles. The number of aromatic carboxylic acids is 1. The van der Waals surface area contributed by atoms with E-state index in [2.05, 4.69) is 5.32 Å². The minimum absolute atomic E-state index is 0.254. The highest BCUT2D eigenvalue weighted by molar-refractivity contribution is 5.88. The fourth-order valence-corrected chi connectivity index (χ4v) is 1.39. The third-order valence-electron chi connectivity index (χ3n) is 2.28. The van der Waals surface area contributed by atoms with Crippen LogP contribution >= 0.6 is 0 Å². The smallest absolute Gasteiger partial charge is 0.335 e. The van der Waals surface area contributed by atoms with Crippen molar-refractivity contribution in [2.75, 3.05) is 19.0 Å². The van der Waals surface area contributed by atoms with Crippen LogP contribution in [0.15, 0.2) is 24.3 Å². The minimum Gasteiger partial charge on any atom is -0.478 e. The van der Waals surface area contributed by atoms with E-state index in [0.717, 1.165) is 12.1 Å². The molecule has 88 valence electrons. The zero-order chi connectivity index (χ0) is 12.0. The molecule has 0 amide bonds. The van der Waals surface area contributed by atoms with Crippen molar-refractivity contribution >= 4 is 11.7 Å². The Hall–Kier alpha value is -1.55. The van der Waals surface area contributed by atoms with E-state index in [9.17, 15) is 4.79 Å². The van der Waals surface area contributed by atoms with Crippen LogP contribution in [0, 0.1) is 0 Å². The number of ether oxygens (including phenoxy) is 1. The Morgan fingerprint density at radius 3 is 2.94 bits per heavy atom. The molecule has 16 heavy (non-hydrogen) atoms. The zero-order valence-electron chi connectivity index (χ0n) is 9.56. The Morgan fingerprint density at radius 2 is 2.31 bits per heavy atom. The van der Waals surface area contributed by atoms with Gasteiger partial charge in [-0.05, 0) is 31.5 Å². The van der Waals surface area contributed by atoms with E-state index in [-0.39, 0.29) is 6.04 Å². The number of rotatable bonds is 6. The number of carbonyl (C=O) groups is 1. The van der Waals surface area contributed by atoms with E-state index in [1.54, 1.807) is 25.3 Å². The maximum atomic E-state index is 10.8. The molecular weight excluding hydrogens is 206 g/mol. The number of carboxylic acid groups (broad SMARTS) is 1. The van der Waals surface area contributed by atoms with E-state index in [1.165, 1.54) is 0 Å². The normalized spacial score (nSPS) is 12.1. The van der Waals surface area contributed by atoms with Crippen LogP contribution in [0.3, 0.4) is 0 Å². The van der Waals surface area contributed by atoms with Gasteiger partial charge in [0.25, 0.3) is 0 Å². The highest BCUT2D eigenvalue weighted by atomic mass is 16.5. The molecule has 0 heterocycles. The molecule has 1 atom stereocenters. The summed E-state index contributed by atoms with van der Waals surface area (Å²) < 4.78 is 4.98. The second-order valence-electron chi connectivity index (χ2n) is 3.71. The van der Waals surface area contributed by atoms with Crippen LogP contribution in [-0.4, -0.2) is 30.8 Å². The average molecular weight is 223 g/mol. The van der Waals surface area contributed by atoms with Gasteiger partial charge < -0.3 is 15.2 Å². The number of nitrogens with one attached hydrogen (secondary N) is 1. The van der Waals surface area contributed by atoms with Gasteiger partial charge in [0.15, 0.2) is 0 Å². The highest BCUT2D eigenvalue weighted by Gasteiger charge is 2.05. The van der Waals surface area contributed by atoms with Crippen LogP contribution < -0.4 is 5.32 Å². The van der Waals surface area contributed by atoms with Crippen molar-refractivity contribution in [2.45, 2.75) is 19.4 Å². The lowest BCUT2D eigenvalue weighted by molar-refractivity contribution is 0.0697. The van der Waals surface area contributed by atoms with E-state index < -0.39 is 5.97 Å². The number of hydrogen-bond acceptors (Lipinski definition) is 3. The van der Waals surface area contributed by atoms with Gasteiger partial charge in [-0.15, -0.1) is 0 Å². The van der Waals surface area contributed by atoms with E-state index in [4.69, 9.17) is 9.84 Å². The molecule has 1 rings (SSSR count). The van der Waals surface area contributed by atoms with Gasteiger partial charge in [-0.1, -0.05) is 6.07 Å². The molecule has 0 saturated heterocycles. The molecule has 0 aliphatic carbocycles. The lowest BCUT2D eigenvalue weighted by atomic mass is 10.1. The van der Waals surface area contributed by atoms with Crippen molar-refractivity contribution in [3.8, 4) is 0 Å². The van der Waals surface area contributed by atoms with Gasteiger partial charge in [-0.2, -0.15) is 0 Å². The number of carboxylic acids is 1. The quantitative estimate of drug-likeness (QED) is 0.776. The van der Waals surface area contributed by atoms with Crippen molar-refractivity contribution in [3.63, 3.8) is 0 Å². The van der Waals surface area contributed by atoms with Gasteiger partial charge >= 0.3 is 5.97 Å². The van der Waals surface area contributed by atoms with E-state index >= 15 is 0 Å². The predicted octanol–water partition coefficient (Wildman–Crippen LogP) is 2.22. The van der Waals surface area contributed by atoms with Gasteiger partial charge in [0, 0.05) is 25.4 Å². The first-order valence-corrected chi connectivity index (χ1v) is 5.22. The van der Waals surface area contributed by atoms with E-state index in [0.29, 0.717) is 12.2 Å². The summed E-state index contributed by atoms with van der Waals surface area (Å²) in [6.45, 7) is 2.72. The van der Waals surface area contributed by atoms with Crippen molar-refractivity contribution < 1.29 is 14.6 Å². The number of hydrogen-bond donors (Lipinski definition) is 2. The molecule has 0 aliphatic rings. The molecule has 4 heteroatoms. The first-order valence-electron chi connectivity index (χ1n) is 5.22. The predicted molar refractivity (Wildman–Crippen MR) is 63.0 cm³/mol. The fourth-order valence-electron chi connectivity index (χ4n) is 1.39. The van der Waals surface area contributed by atoms with Crippen LogP contribution in [-0.2, 0) is 4.74 Å². The van der Waals surface area contributed by atoms with Gasteiger partial charge in [-0.25, -0.2) is 4.79 Å². The first kappa shape index (κ1) is 12.5. The van der Waals surface area contributed by atoms with Gasteiger partial charge in [0.05, 0.1) is 5.56 Å². The van der Waals surface area contributed by atoms with Crippen LogP contribution in [0.2, 0.25) is 0 Å². The Kier molecular flexibility index (Phi) is 4.79. The van der Waals surface area contributed by atoms with Crippen LogP contribution in [0.5, 0.6) is 0 Å². The molecule has 0 spiro atoms. The molecule has 1 aromatic rings. The Bertz CT molecular complexity index is 352. The zero-order valence-corrected chi connectivity index (χ0v) is 9.56. The second-order valence-corrected chi connectivity index (χ2v) is 3.71. The van der Waals surface area contributed by atoms with Crippen LogP contribution in [0.1, 0.15) is 23.7 Å². The summed E-state index contributed by atoms with van der Waals surface area (Å²) in [5, 5.41) is 12.1. The number of methoxy groups -OCH3 is 1. The first-order chi connectivity index (χ1) is 7.63. The lowest BCUT2D eigenvalue weighted by Gasteiger charge is -2.14. The third-order valence-corrected chi connectivity index (χ3v) is 2.28. The summed E-state index contributed by atoms with van der Waals surface area (Å²) in [6, 6.07) is 7.05. The molecule has 0 saturated carbocycles. The fraction of sp³-hybridized carbons (Fsp3) is 0.417. The average Bonchev–Trinajstić information content (AvgIpc) is 2.26. The van der Waals surface area contributed by atoms with Crippen molar-refractivity contribution in [2.24, 2.45) is 0 Å². The Morgan fingerprint density at radius 1 is 1.56 bits per heavy atom. The maximum absolute atomic E-state index is 10.8. The summed E-state index contributed by atoms with van der Waals surface area (Å²) in [4.78, 5) is 10.8. The van der Waals surface area contributed by atoms with E-state index in [1.807, 2.05) is 13.0 Å². The Balaban J connectivity index is 2.59. The Labute approximate surface area is 95.2 Å². The molecule has 0 fully saturated rings. The summed E-state index contributed by atoms with van der Waals surface area (Å²) in [5.41, 5.74) is 1.12. The molecule has 1 aromatic carbocycles. The standard InChI is InChI=1S/C12H17NO3/c1-9(6-7-16-2)13-11-5-3-4-10(8-11)12(14)15/h3-5,8-9,13H,6-7H2,1-2H3,(H,14,15). The van der Waals surface area contributed by atoms with Gasteiger partial charge in [0.1, 0.15) is 0 Å². The van der Waals surface area contributed by atoms with Crippen molar-refractivity contribution in [1.29, 1.82) is 0 Å². The molecular formula is C12H17NO3. The topological polar surface area (TPSA) is 58.6 Å². The van der Waals surface area contributed by atoms with Crippen LogP contribution in [0.4, 0.5) is 5.69 Å². The lowest BCUT2D eigenvalue weighted by Crippen LogP contribution is -2.17. The monoisotopic (exact) mass is 223 g/mol. The molecule has 0 bridgehead atoms. The summed E-state index contributed by atoms with van der Waals surface area (Å²) in [5.74, 6) is -0.909. The summed E-state index contributed by atoms with van der Waals surface area (Å²) in [7, 11) is 1.66. The number of benzene rings is 1. The summed E-state index contributed by atoms with van der Waals surface area (Å²) in [6.07, 6.45) is 0.883. The van der Waals surface area contributed by atoms with Gasteiger partial charge in [0.2, 0.25) is 0 Å². The maximum Gasteiger partial charge on any atom is 0.335 e. The van der Waals surface area contributed by atoms with Crippen molar-refractivity contribution in [3.05, 3.63) is 29.8 Å².